The molecule has 0 radical (unpaired) electrons. The fourth-order valence-electron chi connectivity index (χ4n) is 7.64. The number of rotatable bonds is 8. The van der Waals surface area contributed by atoms with E-state index in [0.29, 0.717) is 34.4 Å². The van der Waals surface area contributed by atoms with Crippen LogP contribution in [0.4, 0.5) is 9.18 Å². The van der Waals surface area contributed by atoms with Crippen molar-refractivity contribution in [1.29, 1.82) is 0 Å². The number of H-pyrrole nitrogens is 1. The molecule has 1 saturated heterocycles. The van der Waals surface area contributed by atoms with Gasteiger partial charge in [-0.3, -0.25) is 9.36 Å². The minimum atomic E-state index is -0.710. The number of ether oxygens (including phenoxy) is 2. The summed E-state index contributed by atoms with van der Waals surface area (Å²) in [6, 6.07) is 16.7. The van der Waals surface area contributed by atoms with E-state index in [4.69, 9.17) is 21.1 Å². The largest absolute Gasteiger partial charge is 0.464 e. The van der Waals surface area contributed by atoms with Crippen molar-refractivity contribution in [1.82, 2.24) is 19.8 Å². The van der Waals surface area contributed by atoms with Crippen LogP contribution in [0.25, 0.3) is 33.4 Å². The van der Waals surface area contributed by atoms with Crippen molar-refractivity contribution >= 4 is 45.8 Å². The number of amides is 2. The Balaban J connectivity index is 1.18. The van der Waals surface area contributed by atoms with Crippen LogP contribution in [0.1, 0.15) is 85.7 Å². The average Bonchev–Trinajstić information content (AvgIpc) is 3.47. The number of carbonyl (C=O) groups is 2. The Morgan fingerprint density at radius 3 is 2.64 bits per heavy atom. The summed E-state index contributed by atoms with van der Waals surface area (Å²) in [4.78, 5) is 33.8. The molecule has 2 N–H and O–H groups in total. The Morgan fingerprint density at radius 1 is 1.10 bits per heavy atom. The van der Waals surface area contributed by atoms with Gasteiger partial charge < -0.3 is 24.7 Å². The Hall–Kier alpha value is -4.28. The Labute approximate surface area is 299 Å². The van der Waals surface area contributed by atoms with Crippen molar-refractivity contribution in [3.05, 3.63) is 86.4 Å². The van der Waals surface area contributed by atoms with E-state index in [1.165, 1.54) is 24.8 Å². The number of alkyl carbamates (subject to hydrolysis) is 1. The van der Waals surface area contributed by atoms with Crippen molar-refractivity contribution in [2.24, 2.45) is 5.92 Å². The molecule has 3 atom stereocenters. The zero-order valence-corrected chi connectivity index (χ0v) is 30.1. The number of nitrogens with one attached hydrogen (secondary N) is 2. The van der Waals surface area contributed by atoms with E-state index in [2.05, 4.69) is 40.0 Å². The number of methoxy groups -OCH3 is 1. The van der Waals surface area contributed by atoms with Crippen LogP contribution in [-0.2, 0) is 16.0 Å². The molecule has 0 spiro atoms. The average molecular weight is 715 g/mol. The van der Waals surface area contributed by atoms with Gasteiger partial charge in [-0.2, -0.15) is 0 Å². The number of fused-ring (bicyclic) bond motifs is 5. The molecule has 11 heteroatoms. The highest BCUT2D eigenvalue weighted by Gasteiger charge is 2.38. The predicted molar refractivity (Wildman–Crippen MR) is 194 cm³/mol. The Bertz CT molecular complexity index is 2130. The molecule has 5 heterocycles. The molecule has 3 aromatic heterocycles. The van der Waals surface area contributed by atoms with Crippen molar-refractivity contribution < 1.29 is 23.5 Å². The number of aryl methyl sites for hydroxylation is 1. The minimum Gasteiger partial charge on any atom is -0.464 e. The lowest BCUT2D eigenvalue weighted by molar-refractivity contribution is -0.135. The van der Waals surface area contributed by atoms with Gasteiger partial charge in [-0.05, 0) is 104 Å². The van der Waals surface area contributed by atoms with E-state index in [0.717, 1.165) is 57.7 Å². The maximum Gasteiger partial charge on any atom is 0.407 e. The van der Waals surface area contributed by atoms with E-state index < -0.39 is 18.4 Å². The first-order chi connectivity index (χ1) is 24.1. The first-order valence-corrected chi connectivity index (χ1v) is 18.6. The van der Waals surface area contributed by atoms with E-state index in [1.807, 2.05) is 49.1 Å². The zero-order valence-electron chi connectivity index (χ0n) is 28.5. The summed E-state index contributed by atoms with van der Waals surface area (Å²) >= 11 is 8.16. The normalized spacial score (nSPS) is 19.0. The van der Waals surface area contributed by atoms with E-state index >= 15 is 4.39 Å². The number of aromatic nitrogens is 2. The first kappa shape index (κ1) is 32.9. The van der Waals surface area contributed by atoms with Gasteiger partial charge in [-0.1, -0.05) is 32.4 Å². The van der Waals surface area contributed by atoms with Gasteiger partial charge in [-0.15, -0.1) is 11.3 Å². The lowest BCUT2D eigenvalue weighted by Gasteiger charge is -2.31. The summed E-state index contributed by atoms with van der Waals surface area (Å²) in [6.07, 6.45) is 3.69. The fourth-order valence-corrected chi connectivity index (χ4v) is 9.03. The molecule has 2 aromatic carbocycles. The highest BCUT2D eigenvalue weighted by atomic mass is 35.5. The van der Waals surface area contributed by atoms with Crippen molar-refractivity contribution in [3.8, 4) is 28.3 Å². The van der Waals surface area contributed by atoms with Crippen LogP contribution in [0.3, 0.4) is 0 Å². The van der Waals surface area contributed by atoms with Gasteiger partial charge in [0.1, 0.15) is 17.6 Å². The number of nitrogens with zero attached hydrogens (tertiary/aromatic N) is 2. The van der Waals surface area contributed by atoms with Gasteiger partial charge in [0, 0.05) is 38.8 Å². The van der Waals surface area contributed by atoms with Crippen LogP contribution >= 0.6 is 22.9 Å². The molecule has 0 bridgehead atoms. The second kappa shape index (κ2) is 12.8. The van der Waals surface area contributed by atoms with Crippen LogP contribution in [0.5, 0.6) is 5.75 Å². The molecule has 260 valence electrons. The standard InChI is InChI=1S/C39H40ClFN4O4S/c1-5-21-17-27(42-36(21)29-7-6-14-44(29)37(46)35(20(2)3)43-39(47)48-4)23-16-26(41)34-30-18-24-15-25(40)10-11-28(24)45(30)38(49-31(34)19-23)33-13-12-32(50-33)22-8-9-22/h10-13,15-20,22,29,35,38,42H,5-9,14H2,1-4H3,(H,43,47). The van der Waals surface area contributed by atoms with Gasteiger partial charge in [0.05, 0.1) is 34.8 Å². The maximum atomic E-state index is 16.5. The highest BCUT2D eigenvalue weighted by Crippen LogP contribution is 2.50. The summed E-state index contributed by atoms with van der Waals surface area (Å²) in [7, 11) is 1.29. The van der Waals surface area contributed by atoms with Crippen LogP contribution in [0.2, 0.25) is 5.02 Å². The van der Waals surface area contributed by atoms with E-state index in [-0.39, 0.29) is 23.7 Å². The van der Waals surface area contributed by atoms with Gasteiger partial charge in [0.2, 0.25) is 12.1 Å². The SMILES string of the molecule is CCc1cc(-c2cc(F)c3c(c2)OC(c2ccc(C4CC4)s2)n2c-3cc3cc(Cl)ccc32)[nH]c1C1CCCN1C(=O)C(NC(=O)OC)C(C)C. The minimum absolute atomic E-state index is 0.125. The lowest BCUT2D eigenvalue weighted by Crippen LogP contribution is -2.51. The third-order valence-corrected chi connectivity index (χ3v) is 11.9. The van der Waals surface area contributed by atoms with Crippen molar-refractivity contribution in [3.63, 3.8) is 0 Å². The van der Waals surface area contributed by atoms with E-state index in [9.17, 15) is 9.59 Å². The van der Waals surface area contributed by atoms with Crippen LogP contribution < -0.4 is 10.1 Å². The summed E-state index contributed by atoms with van der Waals surface area (Å²) in [5, 5.41) is 4.28. The molecule has 3 aliphatic rings. The van der Waals surface area contributed by atoms with Crippen LogP contribution in [0.15, 0.2) is 54.6 Å². The summed E-state index contributed by atoms with van der Waals surface area (Å²) in [6.45, 7) is 6.48. The number of thiophene rings is 1. The number of hydrogen-bond acceptors (Lipinski definition) is 5. The van der Waals surface area contributed by atoms with Crippen molar-refractivity contribution in [2.45, 2.75) is 77.1 Å². The quantitative estimate of drug-likeness (QED) is 0.168. The smallest absolute Gasteiger partial charge is 0.407 e. The fraction of sp³-hybridized carbons (Fsp3) is 0.385. The number of benzene rings is 2. The lowest BCUT2D eigenvalue weighted by atomic mass is 10.0. The molecule has 1 saturated carbocycles. The third-order valence-electron chi connectivity index (χ3n) is 10.3. The molecule has 50 heavy (non-hydrogen) atoms. The van der Waals surface area contributed by atoms with Gasteiger partial charge in [0.25, 0.3) is 0 Å². The molecule has 8 nitrogen and oxygen atoms in total. The Morgan fingerprint density at radius 2 is 1.90 bits per heavy atom. The molecule has 2 aliphatic heterocycles. The second-order valence-corrected chi connectivity index (χ2v) is 15.5. The molecular formula is C39H40ClFN4O4S. The highest BCUT2D eigenvalue weighted by molar-refractivity contribution is 7.12. The number of aromatic amines is 1. The summed E-state index contributed by atoms with van der Waals surface area (Å²) in [5.74, 6) is 0.458. The first-order valence-electron chi connectivity index (χ1n) is 17.4. The monoisotopic (exact) mass is 714 g/mol. The zero-order chi connectivity index (χ0) is 34.8. The maximum absolute atomic E-state index is 16.5. The number of carbonyl (C=O) groups excluding carboxylic acids is 2. The molecule has 8 rings (SSSR count). The second-order valence-electron chi connectivity index (χ2n) is 13.9. The van der Waals surface area contributed by atoms with Crippen LogP contribution in [0, 0.1) is 11.7 Å². The molecule has 2 amide bonds. The summed E-state index contributed by atoms with van der Waals surface area (Å²) in [5.41, 5.74) is 5.53. The van der Waals surface area contributed by atoms with Gasteiger partial charge >= 0.3 is 6.09 Å². The number of hydrogen-bond donors (Lipinski definition) is 2. The topological polar surface area (TPSA) is 88.6 Å². The molecule has 1 aliphatic carbocycles. The Kier molecular flexibility index (Phi) is 8.42. The number of likely N-dealkylation sites (tertiary alicyclic amines) is 1. The molecule has 5 aromatic rings. The van der Waals surface area contributed by atoms with E-state index in [1.54, 1.807) is 17.4 Å². The molecule has 2 fully saturated rings. The summed E-state index contributed by atoms with van der Waals surface area (Å²) < 4.78 is 30.2. The molecule has 3 unspecified atom stereocenters. The number of halogens is 2. The van der Waals surface area contributed by atoms with Gasteiger partial charge in [-0.25, -0.2) is 9.18 Å². The van der Waals surface area contributed by atoms with Crippen molar-refractivity contribution in [2.75, 3.05) is 13.7 Å². The van der Waals surface area contributed by atoms with Gasteiger partial charge in [0.15, 0.2) is 0 Å². The third kappa shape index (κ3) is 5.66. The predicted octanol–water partition coefficient (Wildman–Crippen LogP) is 9.58. The van der Waals surface area contributed by atoms with Crippen LogP contribution in [-0.4, -0.2) is 46.1 Å². The molecular weight excluding hydrogens is 675 g/mol.